The first-order valence-corrected chi connectivity index (χ1v) is 6.07. The van der Waals surface area contributed by atoms with Crippen molar-refractivity contribution < 1.29 is 4.74 Å². The first-order valence-electron chi connectivity index (χ1n) is 5.69. The summed E-state index contributed by atoms with van der Waals surface area (Å²) in [5.41, 5.74) is 1.04. The van der Waals surface area contributed by atoms with Gasteiger partial charge in [-0.3, -0.25) is 0 Å². The van der Waals surface area contributed by atoms with Crippen molar-refractivity contribution in [1.29, 1.82) is 0 Å². The Morgan fingerprint density at radius 1 is 1.25 bits per heavy atom. The Labute approximate surface area is 103 Å². The average molecular weight is 242 g/mol. The molecule has 0 unspecified atom stereocenters. The number of rotatable bonds is 5. The zero-order valence-corrected chi connectivity index (χ0v) is 11.1. The molecule has 0 saturated carbocycles. The SMILES string of the molecule is CC(C)CNc1ccc(OC(C)C)c(Cl)c1. The summed E-state index contributed by atoms with van der Waals surface area (Å²) in [6.07, 6.45) is 0.145. The minimum Gasteiger partial charge on any atom is -0.489 e. The van der Waals surface area contributed by atoms with Gasteiger partial charge in [-0.05, 0) is 38.0 Å². The highest BCUT2D eigenvalue weighted by atomic mass is 35.5. The van der Waals surface area contributed by atoms with Gasteiger partial charge in [0.15, 0.2) is 0 Å². The maximum atomic E-state index is 6.12. The van der Waals surface area contributed by atoms with Crippen LogP contribution in [0.1, 0.15) is 27.7 Å². The molecule has 0 amide bonds. The molecule has 0 aliphatic rings. The minimum atomic E-state index is 0.145. The Morgan fingerprint density at radius 2 is 1.94 bits per heavy atom. The number of halogens is 1. The standard InChI is InChI=1S/C13H20ClNO/c1-9(2)8-15-11-5-6-13(12(14)7-11)16-10(3)4/h5-7,9-10,15H,8H2,1-4H3. The van der Waals surface area contributed by atoms with Crippen molar-refractivity contribution in [1.82, 2.24) is 0 Å². The van der Waals surface area contributed by atoms with Gasteiger partial charge in [0, 0.05) is 12.2 Å². The number of benzene rings is 1. The highest BCUT2D eigenvalue weighted by molar-refractivity contribution is 6.32. The Morgan fingerprint density at radius 3 is 2.44 bits per heavy atom. The maximum Gasteiger partial charge on any atom is 0.138 e. The van der Waals surface area contributed by atoms with Crippen molar-refractivity contribution in [2.24, 2.45) is 5.92 Å². The predicted octanol–water partition coefficient (Wildman–Crippen LogP) is 4.20. The summed E-state index contributed by atoms with van der Waals surface area (Å²) in [4.78, 5) is 0. The second-order valence-electron chi connectivity index (χ2n) is 4.59. The minimum absolute atomic E-state index is 0.145. The summed E-state index contributed by atoms with van der Waals surface area (Å²) in [5.74, 6) is 1.36. The van der Waals surface area contributed by atoms with Gasteiger partial charge in [0.05, 0.1) is 11.1 Å². The molecule has 0 fully saturated rings. The molecule has 0 aromatic heterocycles. The van der Waals surface area contributed by atoms with E-state index in [-0.39, 0.29) is 6.10 Å². The van der Waals surface area contributed by atoms with Crippen molar-refractivity contribution in [2.75, 3.05) is 11.9 Å². The molecule has 1 N–H and O–H groups in total. The molecule has 0 aliphatic heterocycles. The van der Waals surface area contributed by atoms with Gasteiger partial charge in [-0.25, -0.2) is 0 Å². The number of hydrogen-bond donors (Lipinski definition) is 1. The van der Waals surface area contributed by atoms with Crippen LogP contribution in [0.15, 0.2) is 18.2 Å². The first-order chi connectivity index (χ1) is 7.49. The number of anilines is 1. The smallest absolute Gasteiger partial charge is 0.138 e. The van der Waals surface area contributed by atoms with Gasteiger partial charge in [-0.1, -0.05) is 25.4 Å². The predicted molar refractivity (Wildman–Crippen MR) is 70.5 cm³/mol. The molecule has 0 atom stereocenters. The fourth-order valence-electron chi connectivity index (χ4n) is 1.28. The summed E-state index contributed by atoms with van der Waals surface area (Å²) in [6.45, 7) is 9.26. The van der Waals surface area contributed by atoms with Crippen LogP contribution < -0.4 is 10.1 Å². The summed E-state index contributed by atoms with van der Waals surface area (Å²) in [5, 5.41) is 3.98. The van der Waals surface area contributed by atoms with Gasteiger partial charge < -0.3 is 10.1 Å². The van der Waals surface area contributed by atoms with E-state index in [1.165, 1.54) is 0 Å². The lowest BCUT2D eigenvalue weighted by atomic mass is 10.2. The Kier molecular flexibility index (Phi) is 4.94. The Bertz CT molecular complexity index is 337. The molecule has 90 valence electrons. The molecule has 0 radical (unpaired) electrons. The van der Waals surface area contributed by atoms with Crippen LogP contribution in [0.2, 0.25) is 5.02 Å². The van der Waals surface area contributed by atoms with Crippen LogP contribution in [0.25, 0.3) is 0 Å². The first kappa shape index (κ1) is 13.2. The molecule has 16 heavy (non-hydrogen) atoms. The fourth-order valence-corrected chi connectivity index (χ4v) is 1.51. The molecule has 3 heteroatoms. The third-order valence-electron chi connectivity index (χ3n) is 2.01. The zero-order chi connectivity index (χ0) is 12.1. The Hall–Kier alpha value is -0.890. The monoisotopic (exact) mass is 241 g/mol. The average Bonchev–Trinajstić information content (AvgIpc) is 2.18. The van der Waals surface area contributed by atoms with Crippen LogP contribution in [0.4, 0.5) is 5.69 Å². The van der Waals surface area contributed by atoms with Gasteiger partial charge in [-0.15, -0.1) is 0 Å². The number of nitrogens with one attached hydrogen (secondary N) is 1. The third-order valence-corrected chi connectivity index (χ3v) is 2.30. The highest BCUT2D eigenvalue weighted by Gasteiger charge is 2.05. The lowest BCUT2D eigenvalue weighted by molar-refractivity contribution is 0.242. The van der Waals surface area contributed by atoms with Crippen molar-refractivity contribution >= 4 is 17.3 Å². The van der Waals surface area contributed by atoms with Crippen LogP contribution in [0.5, 0.6) is 5.75 Å². The van der Waals surface area contributed by atoms with Crippen molar-refractivity contribution in [3.8, 4) is 5.75 Å². The molecule has 0 saturated heterocycles. The molecule has 0 bridgehead atoms. The van der Waals surface area contributed by atoms with Crippen LogP contribution in [-0.4, -0.2) is 12.6 Å². The summed E-state index contributed by atoms with van der Waals surface area (Å²) < 4.78 is 5.57. The fraction of sp³-hybridized carbons (Fsp3) is 0.538. The van der Waals surface area contributed by atoms with Crippen LogP contribution >= 0.6 is 11.6 Å². The molecule has 0 heterocycles. The van der Waals surface area contributed by atoms with E-state index >= 15 is 0 Å². The zero-order valence-electron chi connectivity index (χ0n) is 10.4. The normalized spacial score (nSPS) is 10.9. The lowest BCUT2D eigenvalue weighted by Gasteiger charge is -2.13. The second kappa shape index (κ2) is 6.00. The topological polar surface area (TPSA) is 21.3 Å². The highest BCUT2D eigenvalue weighted by Crippen LogP contribution is 2.28. The summed E-state index contributed by atoms with van der Waals surface area (Å²) in [6, 6.07) is 5.80. The van der Waals surface area contributed by atoms with Gasteiger partial charge >= 0.3 is 0 Å². The summed E-state index contributed by atoms with van der Waals surface area (Å²) >= 11 is 6.12. The van der Waals surface area contributed by atoms with Crippen LogP contribution in [0.3, 0.4) is 0 Å². The van der Waals surface area contributed by atoms with Crippen molar-refractivity contribution in [3.05, 3.63) is 23.2 Å². The van der Waals surface area contributed by atoms with E-state index in [0.29, 0.717) is 10.9 Å². The molecule has 0 spiro atoms. The molecule has 0 aliphatic carbocycles. The quantitative estimate of drug-likeness (QED) is 0.835. The van der Waals surface area contributed by atoms with E-state index in [0.717, 1.165) is 18.0 Å². The molecule has 1 rings (SSSR count). The van der Waals surface area contributed by atoms with E-state index in [1.807, 2.05) is 32.0 Å². The van der Waals surface area contributed by atoms with Gasteiger partial charge in [-0.2, -0.15) is 0 Å². The lowest BCUT2D eigenvalue weighted by Crippen LogP contribution is -2.08. The van der Waals surface area contributed by atoms with Crippen molar-refractivity contribution in [2.45, 2.75) is 33.8 Å². The molecular formula is C13H20ClNO. The van der Waals surface area contributed by atoms with Gasteiger partial charge in [0.2, 0.25) is 0 Å². The van der Waals surface area contributed by atoms with E-state index in [1.54, 1.807) is 0 Å². The number of hydrogen-bond acceptors (Lipinski definition) is 2. The number of ether oxygens (including phenoxy) is 1. The van der Waals surface area contributed by atoms with E-state index in [4.69, 9.17) is 16.3 Å². The molecule has 1 aromatic rings. The van der Waals surface area contributed by atoms with Crippen LogP contribution in [-0.2, 0) is 0 Å². The second-order valence-corrected chi connectivity index (χ2v) is 4.99. The third kappa shape index (κ3) is 4.31. The van der Waals surface area contributed by atoms with E-state index < -0.39 is 0 Å². The largest absolute Gasteiger partial charge is 0.489 e. The van der Waals surface area contributed by atoms with Gasteiger partial charge in [0.1, 0.15) is 5.75 Å². The summed E-state index contributed by atoms with van der Waals surface area (Å²) in [7, 11) is 0. The van der Waals surface area contributed by atoms with Crippen molar-refractivity contribution in [3.63, 3.8) is 0 Å². The molecule has 1 aromatic carbocycles. The van der Waals surface area contributed by atoms with E-state index in [9.17, 15) is 0 Å². The van der Waals surface area contributed by atoms with Crippen LogP contribution in [0, 0.1) is 5.92 Å². The molecule has 2 nitrogen and oxygen atoms in total. The molecular weight excluding hydrogens is 222 g/mol. The van der Waals surface area contributed by atoms with E-state index in [2.05, 4.69) is 19.2 Å². The van der Waals surface area contributed by atoms with Gasteiger partial charge in [0.25, 0.3) is 0 Å². The Balaban J connectivity index is 2.67. The maximum absolute atomic E-state index is 6.12.